The zero-order valence-electron chi connectivity index (χ0n) is 7.95. The Hall–Kier alpha value is -0.570. The summed E-state index contributed by atoms with van der Waals surface area (Å²) >= 11 is 0. The molecule has 0 aliphatic carbocycles. The van der Waals surface area contributed by atoms with Gasteiger partial charge >= 0.3 is 0 Å². The predicted molar refractivity (Wildman–Crippen MR) is 46.6 cm³/mol. The van der Waals surface area contributed by atoms with Crippen LogP contribution in [0.3, 0.4) is 0 Å². The van der Waals surface area contributed by atoms with E-state index in [1.165, 1.54) is 0 Å². The van der Waals surface area contributed by atoms with Crippen LogP contribution >= 0.6 is 0 Å². The molecule has 1 N–H and O–H groups in total. The molecule has 0 spiro atoms. The van der Waals surface area contributed by atoms with E-state index in [0.29, 0.717) is 18.9 Å². The van der Waals surface area contributed by atoms with Gasteiger partial charge in [-0.05, 0) is 12.8 Å². The second-order valence-electron chi connectivity index (χ2n) is 3.89. The van der Waals surface area contributed by atoms with Crippen molar-refractivity contribution in [3.63, 3.8) is 0 Å². The lowest BCUT2D eigenvalue weighted by atomic mass is 10.1. The summed E-state index contributed by atoms with van der Waals surface area (Å²) in [7, 11) is 0. The number of hydrogen-bond donors (Lipinski definition) is 1. The fourth-order valence-corrected chi connectivity index (χ4v) is 1.47. The van der Waals surface area contributed by atoms with Gasteiger partial charge in [0, 0.05) is 12.6 Å². The second-order valence-corrected chi connectivity index (χ2v) is 3.89. The van der Waals surface area contributed by atoms with Gasteiger partial charge in [-0.15, -0.1) is 0 Å². The molecule has 3 nitrogen and oxygen atoms in total. The SMILES string of the molecule is CC(C)[C@@H](C)N1C[C@@H](O)CC1=O. The predicted octanol–water partition coefficient (Wildman–Crippen LogP) is 0.624. The van der Waals surface area contributed by atoms with Gasteiger partial charge < -0.3 is 10.0 Å². The van der Waals surface area contributed by atoms with Gasteiger partial charge in [-0.2, -0.15) is 0 Å². The van der Waals surface area contributed by atoms with Gasteiger partial charge in [0.15, 0.2) is 0 Å². The highest BCUT2D eigenvalue weighted by Gasteiger charge is 2.32. The van der Waals surface area contributed by atoms with Crippen LogP contribution in [0, 0.1) is 5.92 Å². The van der Waals surface area contributed by atoms with Crippen LogP contribution in [0.4, 0.5) is 0 Å². The van der Waals surface area contributed by atoms with E-state index in [-0.39, 0.29) is 11.9 Å². The van der Waals surface area contributed by atoms with E-state index in [0.717, 1.165) is 0 Å². The molecule has 70 valence electrons. The number of likely N-dealkylation sites (tertiary alicyclic amines) is 1. The monoisotopic (exact) mass is 171 g/mol. The summed E-state index contributed by atoms with van der Waals surface area (Å²) in [5.74, 6) is 0.544. The van der Waals surface area contributed by atoms with E-state index >= 15 is 0 Å². The summed E-state index contributed by atoms with van der Waals surface area (Å²) in [5, 5.41) is 9.24. The van der Waals surface area contributed by atoms with Crippen molar-refractivity contribution in [3.05, 3.63) is 0 Å². The van der Waals surface area contributed by atoms with Crippen LogP contribution in [0.15, 0.2) is 0 Å². The Labute approximate surface area is 73.4 Å². The first-order valence-electron chi connectivity index (χ1n) is 4.50. The van der Waals surface area contributed by atoms with Gasteiger partial charge in [-0.1, -0.05) is 13.8 Å². The molecule has 1 aliphatic heterocycles. The first-order chi connectivity index (χ1) is 5.52. The molecule has 1 saturated heterocycles. The fraction of sp³-hybridized carbons (Fsp3) is 0.889. The minimum absolute atomic E-state index is 0.0868. The zero-order chi connectivity index (χ0) is 9.30. The van der Waals surface area contributed by atoms with Crippen LogP contribution in [0.1, 0.15) is 27.2 Å². The maximum atomic E-state index is 11.3. The average molecular weight is 171 g/mol. The van der Waals surface area contributed by atoms with E-state index in [2.05, 4.69) is 13.8 Å². The summed E-state index contributed by atoms with van der Waals surface area (Å²) < 4.78 is 0. The number of carbonyl (C=O) groups excluding carboxylic acids is 1. The van der Waals surface area contributed by atoms with E-state index < -0.39 is 6.10 Å². The summed E-state index contributed by atoms with van der Waals surface area (Å²) in [6.45, 7) is 6.71. The largest absolute Gasteiger partial charge is 0.391 e. The van der Waals surface area contributed by atoms with Crippen molar-refractivity contribution < 1.29 is 9.90 Å². The Bertz CT molecular complexity index is 179. The molecule has 1 heterocycles. The first-order valence-corrected chi connectivity index (χ1v) is 4.50. The third kappa shape index (κ3) is 1.78. The van der Waals surface area contributed by atoms with Gasteiger partial charge in [0.1, 0.15) is 0 Å². The molecule has 0 unspecified atom stereocenters. The maximum absolute atomic E-state index is 11.3. The molecule has 1 fully saturated rings. The molecule has 2 atom stereocenters. The minimum atomic E-state index is -0.446. The lowest BCUT2D eigenvalue weighted by Gasteiger charge is -2.27. The highest BCUT2D eigenvalue weighted by Crippen LogP contribution is 2.18. The normalized spacial score (nSPS) is 26.9. The number of nitrogens with zero attached hydrogens (tertiary/aromatic N) is 1. The molecule has 0 aromatic carbocycles. The summed E-state index contributed by atoms with van der Waals surface area (Å²) in [6, 6.07) is 0.245. The second kappa shape index (κ2) is 3.44. The third-order valence-corrected chi connectivity index (χ3v) is 2.59. The maximum Gasteiger partial charge on any atom is 0.225 e. The molecular weight excluding hydrogens is 154 g/mol. The van der Waals surface area contributed by atoms with Crippen molar-refractivity contribution in [1.82, 2.24) is 4.90 Å². The van der Waals surface area contributed by atoms with Crippen LogP contribution in [-0.4, -0.2) is 34.6 Å². The molecule has 12 heavy (non-hydrogen) atoms. The number of aliphatic hydroxyl groups excluding tert-OH is 1. The van der Waals surface area contributed by atoms with Crippen molar-refractivity contribution in [1.29, 1.82) is 0 Å². The Balaban J connectivity index is 2.58. The van der Waals surface area contributed by atoms with Gasteiger partial charge in [0.2, 0.25) is 5.91 Å². The quantitative estimate of drug-likeness (QED) is 0.661. The van der Waals surface area contributed by atoms with Crippen molar-refractivity contribution in [3.8, 4) is 0 Å². The number of hydrogen-bond acceptors (Lipinski definition) is 2. The lowest BCUT2D eigenvalue weighted by molar-refractivity contribution is -0.130. The molecule has 1 aliphatic rings. The molecule has 0 saturated carbocycles. The number of rotatable bonds is 2. The van der Waals surface area contributed by atoms with E-state index in [9.17, 15) is 9.90 Å². The molecule has 1 amide bonds. The number of carbonyl (C=O) groups is 1. The van der Waals surface area contributed by atoms with E-state index in [1.54, 1.807) is 4.90 Å². The van der Waals surface area contributed by atoms with Crippen LogP contribution < -0.4 is 0 Å². The minimum Gasteiger partial charge on any atom is -0.391 e. The molecule has 3 heteroatoms. The zero-order valence-corrected chi connectivity index (χ0v) is 7.95. The summed E-state index contributed by atoms with van der Waals surface area (Å²) in [6.07, 6.45) is -0.143. The van der Waals surface area contributed by atoms with Gasteiger partial charge in [0.05, 0.1) is 12.5 Å². The van der Waals surface area contributed by atoms with Crippen molar-refractivity contribution >= 4 is 5.91 Å². The van der Waals surface area contributed by atoms with Crippen LogP contribution in [0.25, 0.3) is 0 Å². The van der Waals surface area contributed by atoms with Crippen molar-refractivity contribution in [2.24, 2.45) is 5.92 Å². The molecule has 0 aromatic heterocycles. The van der Waals surface area contributed by atoms with Gasteiger partial charge in [-0.25, -0.2) is 0 Å². The lowest BCUT2D eigenvalue weighted by Crippen LogP contribution is -2.38. The van der Waals surface area contributed by atoms with E-state index in [1.807, 2.05) is 6.92 Å². The molecule has 0 aromatic rings. The van der Waals surface area contributed by atoms with Crippen LogP contribution in [0.2, 0.25) is 0 Å². The van der Waals surface area contributed by atoms with Crippen molar-refractivity contribution in [2.75, 3.05) is 6.54 Å². The number of amides is 1. The van der Waals surface area contributed by atoms with Gasteiger partial charge in [0.25, 0.3) is 0 Å². The summed E-state index contributed by atoms with van der Waals surface area (Å²) in [5.41, 5.74) is 0. The number of aliphatic hydroxyl groups is 1. The standard InChI is InChI=1S/C9H17NO2/c1-6(2)7(3)10-5-8(11)4-9(10)12/h6-8,11H,4-5H2,1-3H3/t7-,8+/m1/s1. The molecule has 0 bridgehead atoms. The first kappa shape index (κ1) is 9.52. The third-order valence-electron chi connectivity index (χ3n) is 2.59. The molecule has 0 radical (unpaired) electrons. The highest BCUT2D eigenvalue weighted by molar-refractivity contribution is 5.79. The molecule has 1 rings (SSSR count). The highest BCUT2D eigenvalue weighted by atomic mass is 16.3. The molecular formula is C9H17NO2. The van der Waals surface area contributed by atoms with Crippen LogP contribution in [-0.2, 0) is 4.79 Å². The Morgan fingerprint density at radius 3 is 2.42 bits per heavy atom. The Morgan fingerprint density at radius 1 is 1.50 bits per heavy atom. The Morgan fingerprint density at radius 2 is 2.08 bits per heavy atom. The van der Waals surface area contributed by atoms with E-state index in [4.69, 9.17) is 0 Å². The smallest absolute Gasteiger partial charge is 0.225 e. The van der Waals surface area contributed by atoms with Crippen molar-refractivity contribution in [2.45, 2.75) is 39.3 Å². The van der Waals surface area contributed by atoms with Crippen LogP contribution in [0.5, 0.6) is 0 Å². The number of β-amino-alcohol motifs (C(OH)–C–C–N with tert-alkyl or cyclic N) is 1. The average Bonchev–Trinajstić information content (AvgIpc) is 2.28. The Kier molecular flexibility index (Phi) is 2.73. The fourth-order valence-electron chi connectivity index (χ4n) is 1.47. The summed E-state index contributed by atoms with van der Waals surface area (Å²) in [4.78, 5) is 13.1. The topological polar surface area (TPSA) is 40.5 Å². The van der Waals surface area contributed by atoms with Gasteiger partial charge in [-0.3, -0.25) is 4.79 Å².